The lowest BCUT2D eigenvalue weighted by Gasteiger charge is -2.11. The summed E-state index contributed by atoms with van der Waals surface area (Å²) in [6.07, 6.45) is 5.44. The fourth-order valence-corrected chi connectivity index (χ4v) is 2.34. The van der Waals surface area contributed by atoms with Gasteiger partial charge in [-0.1, -0.05) is 0 Å². The highest BCUT2D eigenvalue weighted by atomic mass is 127. The van der Waals surface area contributed by atoms with Crippen LogP contribution in [0, 0.1) is 0 Å². The Morgan fingerprint density at radius 1 is 1.22 bits per heavy atom. The average molecular weight is 478 g/mol. The third-order valence-electron chi connectivity index (χ3n) is 3.48. The van der Waals surface area contributed by atoms with Crippen molar-refractivity contribution in [2.24, 2.45) is 10.7 Å². The lowest BCUT2D eigenvalue weighted by Crippen LogP contribution is -2.22. The molecule has 142 valence electrons. The molecule has 7 nitrogen and oxygen atoms in total. The normalized spacial score (nSPS) is 11.1. The third kappa shape index (κ3) is 6.24. The van der Waals surface area contributed by atoms with Gasteiger partial charge in [0.25, 0.3) is 0 Å². The summed E-state index contributed by atoms with van der Waals surface area (Å²) in [6, 6.07) is 13.3. The van der Waals surface area contributed by atoms with E-state index in [1.54, 1.807) is 17.1 Å². The van der Waals surface area contributed by atoms with Crippen molar-refractivity contribution in [2.45, 2.75) is 26.5 Å². The number of guanidine groups is 1. The van der Waals surface area contributed by atoms with Gasteiger partial charge in [0.2, 0.25) is 0 Å². The highest BCUT2D eigenvalue weighted by molar-refractivity contribution is 14.0. The second-order valence-corrected chi connectivity index (χ2v) is 5.99. The number of aromatic nitrogens is 3. The number of hydrogen-bond donors (Lipinski definition) is 2. The smallest absolute Gasteiger partial charge is 0.193 e. The van der Waals surface area contributed by atoms with E-state index in [-0.39, 0.29) is 30.1 Å². The zero-order chi connectivity index (χ0) is 18.4. The molecule has 0 unspecified atom stereocenters. The van der Waals surface area contributed by atoms with E-state index < -0.39 is 0 Å². The number of nitrogens with zero attached hydrogens (tertiary/aromatic N) is 4. The number of anilines is 1. The zero-order valence-electron chi connectivity index (χ0n) is 15.2. The topological polar surface area (TPSA) is 90.4 Å². The van der Waals surface area contributed by atoms with Crippen LogP contribution in [0.25, 0.3) is 5.82 Å². The van der Waals surface area contributed by atoms with E-state index in [9.17, 15) is 0 Å². The molecule has 0 bridgehead atoms. The van der Waals surface area contributed by atoms with E-state index in [0.717, 1.165) is 22.8 Å². The molecule has 2 aromatic heterocycles. The molecular formula is C19H23IN6O. The fourth-order valence-electron chi connectivity index (χ4n) is 2.34. The summed E-state index contributed by atoms with van der Waals surface area (Å²) in [5.74, 6) is 1.92. The average Bonchev–Trinajstić information content (AvgIpc) is 3.16. The van der Waals surface area contributed by atoms with Crippen LogP contribution in [-0.4, -0.2) is 26.8 Å². The van der Waals surface area contributed by atoms with Crippen molar-refractivity contribution < 1.29 is 4.74 Å². The third-order valence-corrected chi connectivity index (χ3v) is 3.48. The minimum atomic E-state index is 0. The molecule has 27 heavy (non-hydrogen) atoms. The molecule has 3 rings (SSSR count). The van der Waals surface area contributed by atoms with Crippen molar-refractivity contribution in [1.82, 2.24) is 14.8 Å². The first-order valence-corrected chi connectivity index (χ1v) is 8.39. The van der Waals surface area contributed by atoms with Gasteiger partial charge < -0.3 is 15.8 Å². The van der Waals surface area contributed by atoms with Gasteiger partial charge in [-0.2, -0.15) is 5.10 Å². The van der Waals surface area contributed by atoms with Crippen molar-refractivity contribution >= 4 is 35.6 Å². The van der Waals surface area contributed by atoms with Crippen LogP contribution in [0.1, 0.15) is 19.4 Å². The molecule has 2 heterocycles. The summed E-state index contributed by atoms with van der Waals surface area (Å²) in [7, 11) is 0. The van der Waals surface area contributed by atoms with Gasteiger partial charge in [0.15, 0.2) is 11.8 Å². The SMILES string of the molecule is CC(C)Oc1ccc(NC(N)=NCc2ccnc(-n3cccn3)c2)cc1.I. The number of halogens is 1. The monoisotopic (exact) mass is 478 g/mol. The Hall–Kier alpha value is -2.62. The summed E-state index contributed by atoms with van der Waals surface area (Å²) in [6.45, 7) is 4.44. The summed E-state index contributed by atoms with van der Waals surface area (Å²) < 4.78 is 7.32. The number of pyridine rings is 1. The summed E-state index contributed by atoms with van der Waals surface area (Å²) in [5, 5.41) is 7.25. The van der Waals surface area contributed by atoms with Crippen molar-refractivity contribution in [2.75, 3.05) is 5.32 Å². The molecule has 0 radical (unpaired) electrons. The standard InChI is InChI=1S/C19H22N6O.HI/c1-14(2)26-17-6-4-16(5-7-17)24-19(20)22-13-15-8-10-21-18(12-15)25-11-3-9-23-25;/h3-12,14H,13H2,1-2H3,(H3,20,22,24);1H. The van der Waals surface area contributed by atoms with Gasteiger partial charge in [0.1, 0.15) is 5.75 Å². The first-order chi connectivity index (χ1) is 12.6. The predicted octanol–water partition coefficient (Wildman–Crippen LogP) is 3.60. The number of nitrogens with two attached hydrogens (primary N) is 1. The number of hydrogen-bond acceptors (Lipinski definition) is 4. The molecule has 0 aliphatic rings. The van der Waals surface area contributed by atoms with Gasteiger partial charge in [0.05, 0.1) is 12.6 Å². The molecule has 3 aromatic rings. The minimum absolute atomic E-state index is 0. The van der Waals surface area contributed by atoms with Gasteiger partial charge >= 0.3 is 0 Å². The molecule has 0 saturated carbocycles. The molecular weight excluding hydrogens is 455 g/mol. The number of aliphatic imine (C=N–C) groups is 1. The lowest BCUT2D eigenvalue weighted by atomic mass is 10.2. The van der Waals surface area contributed by atoms with Crippen LogP contribution in [0.15, 0.2) is 66.0 Å². The van der Waals surface area contributed by atoms with Crippen molar-refractivity contribution in [3.8, 4) is 11.6 Å². The van der Waals surface area contributed by atoms with Gasteiger partial charge in [-0.05, 0) is 61.9 Å². The van der Waals surface area contributed by atoms with Crippen molar-refractivity contribution in [3.63, 3.8) is 0 Å². The van der Waals surface area contributed by atoms with Crippen molar-refractivity contribution in [3.05, 3.63) is 66.6 Å². The molecule has 0 atom stereocenters. The van der Waals surface area contributed by atoms with Crippen LogP contribution in [0.3, 0.4) is 0 Å². The van der Waals surface area contributed by atoms with Crippen molar-refractivity contribution in [1.29, 1.82) is 0 Å². The molecule has 0 aliphatic heterocycles. The molecule has 0 saturated heterocycles. The van der Waals surface area contributed by atoms with E-state index in [1.807, 2.05) is 62.5 Å². The molecule has 0 fully saturated rings. The number of benzene rings is 1. The maximum absolute atomic E-state index is 5.98. The Labute approximate surface area is 175 Å². The Kier molecular flexibility index (Phi) is 7.59. The number of rotatable bonds is 6. The zero-order valence-corrected chi connectivity index (χ0v) is 17.6. The maximum atomic E-state index is 5.98. The Balaban J connectivity index is 0.00000261. The second kappa shape index (κ2) is 9.91. The van der Waals surface area contributed by atoms with E-state index in [1.165, 1.54) is 0 Å². The van der Waals surface area contributed by atoms with Crippen LogP contribution < -0.4 is 15.8 Å². The first-order valence-electron chi connectivity index (χ1n) is 8.39. The highest BCUT2D eigenvalue weighted by Gasteiger charge is 2.01. The van der Waals surface area contributed by atoms with Gasteiger partial charge in [0, 0.05) is 24.3 Å². The van der Waals surface area contributed by atoms with Crippen LogP contribution >= 0.6 is 24.0 Å². The van der Waals surface area contributed by atoms with Crippen LogP contribution in [-0.2, 0) is 6.54 Å². The number of ether oxygens (including phenoxy) is 1. The molecule has 0 spiro atoms. The summed E-state index contributed by atoms with van der Waals surface area (Å²) >= 11 is 0. The Morgan fingerprint density at radius 3 is 2.67 bits per heavy atom. The van der Waals surface area contributed by atoms with E-state index in [2.05, 4.69) is 20.4 Å². The summed E-state index contributed by atoms with van der Waals surface area (Å²) in [4.78, 5) is 8.68. The Bertz CT molecular complexity index is 862. The quantitative estimate of drug-likeness (QED) is 0.321. The van der Waals surface area contributed by atoms with Gasteiger partial charge in [-0.15, -0.1) is 24.0 Å². The second-order valence-electron chi connectivity index (χ2n) is 5.99. The van der Waals surface area contributed by atoms with Gasteiger partial charge in [-0.25, -0.2) is 14.7 Å². The molecule has 1 aromatic carbocycles. The van der Waals surface area contributed by atoms with Crippen LogP contribution in [0.4, 0.5) is 5.69 Å². The predicted molar refractivity (Wildman–Crippen MR) is 118 cm³/mol. The van der Waals surface area contributed by atoms with E-state index in [0.29, 0.717) is 12.5 Å². The van der Waals surface area contributed by atoms with Gasteiger partial charge in [-0.3, -0.25) is 0 Å². The number of nitrogens with one attached hydrogen (secondary N) is 1. The highest BCUT2D eigenvalue weighted by Crippen LogP contribution is 2.16. The molecule has 8 heteroatoms. The van der Waals surface area contributed by atoms with E-state index >= 15 is 0 Å². The van der Waals surface area contributed by atoms with E-state index in [4.69, 9.17) is 10.5 Å². The minimum Gasteiger partial charge on any atom is -0.491 e. The van der Waals surface area contributed by atoms with Crippen LogP contribution in [0.2, 0.25) is 0 Å². The lowest BCUT2D eigenvalue weighted by molar-refractivity contribution is 0.242. The first kappa shape index (κ1) is 20.7. The fraction of sp³-hybridized carbons (Fsp3) is 0.211. The maximum Gasteiger partial charge on any atom is 0.193 e. The van der Waals surface area contributed by atoms with Crippen LogP contribution in [0.5, 0.6) is 5.75 Å². The summed E-state index contributed by atoms with van der Waals surface area (Å²) in [5.41, 5.74) is 7.83. The Morgan fingerprint density at radius 2 is 2.00 bits per heavy atom. The molecule has 3 N–H and O–H groups in total. The molecule has 0 amide bonds. The molecule has 0 aliphatic carbocycles. The largest absolute Gasteiger partial charge is 0.491 e.